The van der Waals surface area contributed by atoms with Gasteiger partial charge in [0.15, 0.2) is 11.8 Å². The lowest BCUT2D eigenvalue weighted by atomic mass is 9.85. The molecule has 1 atom stereocenters. The van der Waals surface area contributed by atoms with Crippen LogP contribution in [0.25, 0.3) is 5.65 Å². The minimum atomic E-state index is -4.59. The van der Waals surface area contributed by atoms with E-state index >= 15 is 0 Å². The molecule has 2 fully saturated rings. The first-order valence-electron chi connectivity index (χ1n) is 9.83. The van der Waals surface area contributed by atoms with Crippen molar-refractivity contribution in [2.45, 2.75) is 50.4 Å². The summed E-state index contributed by atoms with van der Waals surface area (Å²) >= 11 is 0. The summed E-state index contributed by atoms with van der Waals surface area (Å²) in [5.41, 5.74) is 0.480. The lowest BCUT2D eigenvalue weighted by Gasteiger charge is -2.44. The Labute approximate surface area is 170 Å². The second kappa shape index (κ2) is 7.44. The second-order valence-electron chi connectivity index (χ2n) is 7.81. The number of halogens is 3. The molecule has 2 aromatic heterocycles. The molecular formula is C19H22F3N5O3. The van der Waals surface area contributed by atoms with Crippen molar-refractivity contribution in [3.05, 3.63) is 30.5 Å². The number of likely N-dealkylation sites (tertiary alicyclic amines) is 2. The maximum atomic E-state index is 13.2. The van der Waals surface area contributed by atoms with Gasteiger partial charge in [0.2, 0.25) is 0 Å². The molecule has 2 amide bonds. The fourth-order valence-corrected chi connectivity index (χ4v) is 4.26. The molecule has 0 radical (unpaired) electrons. The number of hydrogen-bond donors (Lipinski definition) is 0. The van der Waals surface area contributed by atoms with Gasteiger partial charge in [0, 0.05) is 43.8 Å². The van der Waals surface area contributed by atoms with Crippen molar-refractivity contribution in [3.63, 3.8) is 0 Å². The van der Waals surface area contributed by atoms with Crippen molar-refractivity contribution in [2.75, 3.05) is 19.6 Å². The first-order valence-corrected chi connectivity index (χ1v) is 9.83. The summed E-state index contributed by atoms with van der Waals surface area (Å²) in [7, 11) is 0. The van der Waals surface area contributed by atoms with Gasteiger partial charge in [0.05, 0.1) is 6.20 Å². The van der Waals surface area contributed by atoms with Crippen molar-refractivity contribution in [2.24, 2.45) is 0 Å². The third kappa shape index (κ3) is 3.68. The van der Waals surface area contributed by atoms with Crippen molar-refractivity contribution < 1.29 is 27.5 Å². The Morgan fingerprint density at radius 1 is 1.20 bits per heavy atom. The van der Waals surface area contributed by atoms with E-state index in [1.54, 1.807) is 29.2 Å². The number of imidazole rings is 1. The molecule has 2 aliphatic rings. The minimum Gasteiger partial charge on any atom is -0.437 e. The quantitative estimate of drug-likeness (QED) is 0.739. The number of rotatable bonds is 2. The Hall–Kier alpha value is -2.85. The average Bonchev–Trinajstić information content (AvgIpc) is 3.31. The van der Waals surface area contributed by atoms with Crippen molar-refractivity contribution in [3.8, 4) is 0 Å². The summed E-state index contributed by atoms with van der Waals surface area (Å²) in [6, 6.07) is 0. The molecule has 0 saturated carbocycles. The molecular weight excluding hydrogens is 403 g/mol. The molecule has 162 valence electrons. The highest BCUT2D eigenvalue weighted by molar-refractivity contribution is 5.93. The molecule has 8 nitrogen and oxygen atoms in total. The first-order chi connectivity index (χ1) is 14.2. The van der Waals surface area contributed by atoms with Crippen molar-refractivity contribution in [1.29, 1.82) is 0 Å². The van der Waals surface area contributed by atoms with Crippen LogP contribution in [0, 0.1) is 0 Å². The summed E-state index contributed by atoms with van der Waals surface area (Å²) in [6.07, 6.45) is 1.43. The Bertz CT molecular complexity index is 919. The second-order valence-corrected chi connectivity index (χ2v) is 7.81. The fraction of sp³-hybridized carbons (Fsp3) is 0.579. The number of ether oxygens (including phenoxy) is 1. The van der Waals surface area contributed by atoms with Crippen molar-refractivity contribution in [1.82, 2.24) is 24.2 Å². The zero-order valence-electron chi connectivity index (χ0n) is 16.4. The van der Waals surface area contributed by atoms with Gasteiger partial charge in [-0.25, -0.2) is 9.78 Å². The number of hydrogen-bond acceptors (Lipinski definition) is 5. The highest BCUT2D eigenvalue weighted by Crippen LogP contribution is 2.39. The Kier molecular flexibility index (Phi) is 5.07. The van der Waals surface area contributed by atoms with E-state index in [4.69, 9.17) is 0 Å². The molecule has 2 saturated heterocycles. The molecule has 1 spiro atoms. The van der Waals surface area contributed by atoms with Crippen LogP contribution in [-0.4, -0.2) is 73.6 Å². The number of alkyl halides is 3. The van der Waals surface area contributed by atoms with E-state index < -0.39 is 23.9 Å². The van der Waals surface area contributed by atoms with Crippen LogP contribution in [0.3, 0.4) is 0 Å². The molecule has 1 unspecified atom stereocenters. The van der Waals surface area contributed by atoms with E-state index in [0.717, 1.165) is 19.8 Å². The summed E-state index contributed by atoms with van der Waals surface area (Å²) in [5, 5.41) is 0. The average molecular weight is 425 g/mol. The number of piperidine rings is 1. The Morgan fingerprint density at radius 2 is 1.93 bits per heavy atom. The van der Waals surface area contributed by atoms with Crippen LogP contribution < -0.4 is 0 Å². The van der Waals surface area contributed by atoms with Gasteiger partial charge in [-0.15, -0.1) is 0 Å². The van der Waals surface area contributed by atoms with Gasteiger partial charge in [-0.1, -0.05) is 0 Å². The summed E-state index contributed by atoms with van der Waals surface area (Å²) < 4.78 is 44.2. The lowest BCUT2D eigenvalue weighted by molar-refractivity contribution is -0.200. The Balaban J connectivity index is 1.43. The number of amides is 2. The topological polar surface area (TPSA) is 80.0 Å². The number of aromatic nitrogens is 3. The van der Waals surface area contributed by atoms with E-state index in [1.165, 1.54) is 4.90 Å². The molecule has 0 N–H and O–H groups in total. The predicted molar refractivity (Wildman–Crippen MR) is 98.8 cm³/mol. The maximum absolute atomic E-state index is 13.2. The van der Waals surface area contributed by atoms with E-state index in [9.17, 15) is 22.8 Å². The highest BCUT2D eigenvalue weighted by Gasteiger charge is 2.47. The van der Waals surface area contributed by atoms with Crippen molar-refractivity contribution >= 4 is 17.6 Å². The molecule has 0 aliphatic carbocycles. The standard InChI is InChI=1S/C19H22F3N5O3/c1-13(19(20,21)22)30-17(29)25-8-4-18(5-9-25)3-2-7-27(18)16(28)14-12-26-10-6-23-11-15(26)24-14/h6,10-13H,2-5,7-9H2,1H3. The van der Waals surface area contributed by atoms with Gasteiger partial charge in [0.25, 0.3) is 5.91 Å². The van der Waals surface area contributed by atoms with E-state index in [1.807, 2.05) is 4.90 Å². The monoisotopic (exact) mass is 425 g/mol. The predicted octanol–water partition coefficient (Wildman–Crippen LogP) is 2.89. The Morgan fingerprint density at radius 3 is 2.60 bits per heavy atom. The van der Waals surface area contributed by atoms with Crippen LogP contribution >= 0.6 is 0 Å². The number of carbonyl (C=O) groups excluding carboxylic acids is 2. The summed E-state index contributed by atoms with van der Waals surface area (Å²) in [6.45, 7) is 1.87. The first kappa shape index (κ1) is 20.4. The van der Waals surface area contributed by atoms with E-state index in [-0.39, 0.29) is 19.0 Å². The van der Waals surface area contributed by atoms with E-state index in [0.29, 0.717) is 30.7 Å². The molecule has 4 heterocycles. The molecule has 2 aliphatic heterocycles. The van der Waals surface area contributed by atoms with Gasteiger partial charge >= 0.3 is 12.3 Å². The molecule has 0 bridgehead atoms. The van der Waals surface area contributed by atoms with E-state index in [2.05, 4.69) is 14.7 Å². The SMILES string of the molecule is CC(OC(=O)N1CCC2(CCCN2C(=O)c2cn3ccncc3n2)CC1)C(F)(F)F. The lowest BCUT2D eigenvalue weighted by Crippen LogP contribution is -2.55. The molecule has 11 heteroatoms. The molecule has 30 heavy (non-hydrogen) atoms. The third-order valence-corrected chi connectivity index (χ3v) is 6.02. The third-order valence-electron chi connectivity index (χ3n) is 6.02. The zero-order valence-corrected chi connectivity index (χ0v) is 16.4. The van der Waals surface area contributed by atoms with Gasteiger partial charge in [-0.2, -0.15) is 13.2 Å². The van der Waals surface area contributed by atoms with Crippen LogP contribution in [0.2, 0.25) is 0 Å². The van der Waals surface area contributed by atoms with Gasteiger partial charge in [-0.05, 0) is 32.6 Å². The van der Waals surface area contributed by atoms with Gasteiger partial charge in [0.1, 0.15) is 5.69 Å². The number of nitrogens with zero attached hydrogens (tertiary/aromatic N) is 5. The fourth-order valence-electron chi connectivity index (χ4n) is 4.26. The van der Waals surface area contributed by atoms with Gasteiger partial charge < -0.3 is 18.9 Å². The van der Waals surface area contributed by atoms with Crippen LogP contribution in [0.1, 0.15) is 43.1 Å². The largest absolute Gasteiger partial charge is 0.437 e. The van der Waals surface area contributed by atoms with Crippen LogP contribution in [0.4, 0.5) is 18.0 Å². The normalized spacial score (nSPS) is 20.0. The summed E-state index contributed by atoms with van der Waals surface area (Å²) in [4.78, 5) is 36.7. The minimum absolute atomic E-state index is 0.182. The number of carbonyl (C=O) groups is 2. The van der Waals surface area contributed by atoms with Crippen LogP contribution in [0.15, 0.2) is 24.8 Å². The zero-order chi connectivity index (χ0) is 21.5. The molecule has 2 aromatic rings. The molecule has 0 aromatic carbocycles. The maximum Gasteiger partial charge on any atom is 0.425 e. The smallest absolute Gasteiger partial charge is 0.425 e. The van der Waals surface area contributed by atoms with Crippen LogP contribution in [0.5, 0.6) is 0 Å². The highest BCUT2D eigenvalue weighted by atomic mass is 19.4. The molecule has 4 rings (SSSR count). The number of fused-ring (bicyclic) bond motifs is 1. The summed E-state index contributed by atoms with van der Waals surface area (Å²) in [5.74, 6) is -0.182. The van der Waals surface area contributed by atoms with Crippen LogP contribution in [-0.2, 0) is 4.74 Å². The van der Waals surface area contributed by atoms with Gasteiger partial charge in [-0.3, -0.25) is 9.78 Å².